The van der Waals surface area contributed by atoms with Gasteiger partial charge in [0.1, 0.15) is 0 Å². The highest BCUT2D eigenvalue weighted by Gasteiger charge is 2.12. The van der Waals surface area contributed by atoms with Gasteiger partial charge in [-0.25, -0.2) is 5.43 Å². The van der Waals surface area contributed by atoms with Gasteiger partial charge in [0.25, 0.3) is 0 Å². The Hall–Kier alpha value is -3.35. The van der Waals surface area contributed by atoms with Crippen molar-refractivity contribution in [3.63, 3.8) is 0 Å². The lowest BCUT2D eigenvalue weighted by atomic mass is 10.2. The molecule has 2 aromatic rings. The summed E-state index contributed by atoms with van der Waals surface area (Å²) in [5.41, 5.74) is 4.24. The van der Waals surface area contributed by atoms with Crippen LogP contribution in [0.3, 0.4) is 0 Å². The van der Waals surface area contributed by atoms with Crippen molar-refractivity contribution in [3.05, 3.63) is 53.6 Å². The van der Waals surface area contributed by atoms with Crippen molar-refractivity contribution >= 4 is 23.7 Å². The summed E-state index contributed by atoms with van der Waals surface area (Å²) in [5.74, 6) is -1.37. The topological polar surface area (TPSA) is 100 Å². The standard InChI is InChI=1S/C18H19N3O4/c1-3-25-16-10-13(7-8-15(16)22)11-19-21-18(24)17(23)20-14-6-4-5-12(2)9-14/h4-11,22H,3H2,1-2H3,(H,20,23)(H,21,24)/b19-11-. The predicted molar refractivity (Wildman–Crippen MR) is 94.8 cm³/mol. The van der Waals surface area contributed by atoms with E-state index in [1.54, 1.807) is 37.3 Å². The normalized spacial score (nSPS) is 10.5. The fourth-order valence-electron chi connectivity index (χ4n) is 2.01. The van der Waals surface area contributed by atoms with Crippen molar-refractivity contribution in [3.8, 4) is 11.5 Å². The second kappa shape index (κ2) is 8.49. The highest BCUT2D eigenvalue weighted by molar-refractivity contribution is 6.39. The van der Waals surface area contributed by atoms with E-state index in [1.807, 2.05) is 13.0 Å². The van der Waals surface area contributed by atoms with Crippen molar-refractivity contribution in [2.75, 3.05) is 11.9 Å². The molecule has 0 heterocycles. The SMILES string of the molecule is CCOc1cc(/C=N\NC(=O)C(=O)Nc2cccc(C)c2)ccc1O. The highest BCUT2D eigenvalue weighted by atomic mass is 16.5. The van der Waals surface area contributed by atoms with E-state index in [1.165, 1.54) is 12.3 Å². The third kappa shape index (κ3) is 5.35. The first-order valence-corrected chi connectivity index (χ1v) is 7.66. The fourth-order valence-corrected chi connectivity index (χ4v) is 2.01. The van der Waals surface area contributed by atoms with Gasteiger partial charge in [-0.05, 0) is 55.3 Å². The molecule has 25 heavy (non-hydrogen) atoms. The van der Waals surface area contributed by atoms with Gasteiger partial charge in [0.15, 0.2) is 11.5 Å². The average Bonchev–Trinajstić information content (AvgIpc) is 2.58. The second-order valence-electron chi connectivity index (χ2n) is 5.18. The van der Waals surface area contributed by atoms with E-state index in [-0.39, 0.29) is 5.75 Å². The molecule has 0 aliphatic carbocycles. The summed E-state index contributed by atoms with van der Waals surface area (Å²) >= 11 is 0. The summed E-state index contributed by atoms with van der Waals surface area (Å²) < 4.78 is 5.26. The Bertz CT molecular complexity index is 803. The number of aromatic hydroxyl groups is 1. The summed E-state index contributed by atoms with van der Waals surface area (Å²) in [6, 6.07) is 11.7. The van der Waals surface area contributed by atoms with Gasteiger partial charge in [-0.15, -0.1) is 0 Å². The number of ether oxygens (including phenoxy) is 1. The summed E-state index contributed by atoms with van der Waals surface area (Å²) in [7, 11) is 0. The number of anilines is 1. The molecule has 0 saturated heterocycles. The molecule has 0 unspecified atom stereocenters. The van der Waals surface area contributed by atoms with Crippen LogP contribution in [0.25, 0.3) is 0 Å². The van der Waals surface area contributed by atoms with Crippen molar-refractivity contribution in [1.82, 2.24) is 5.43 Å². The molecular formula is C18H19N3O4. The third-order valence-electron chi connectivity index (χ3n) is 3.15. The van der Waals surface area contributed by atoms with Gasteiger partial charge in [-0.3, -0.25) is 9.59 Å². The lowest BCUT2D eigenvalue weighted by Crippen LogP contribution is -2.32. The van der Waals surface area contributed by atoms with Crippen molar-refractivity contribution in [1.29, 1.82) is 0 Å². The number of phenolic OH excluding ortho intramolecular Hbond substituents is 1. The minimum Gasteiger partial charge on any atom is -0.504 e. The number of phenols is 1. The number of carbonyl (C=O) groups is 2. The molecule has 0 saturated carbocycles. The van der Waals surface area contributed by atoms with E-state index in [2.05, 4.69) is 15.8 Å². The van der Waals surface area contributed by atoms with Gasteiger partial charge in [0.2, 0.25) is 0 Å². The molecule has 2 aromatic carbocycles. The minimum atomic E-state index is -0.887. The van der Waals surface area contributed by atoms with Gasteiger partial charge in [0.05, 0.1) is 12.8 Å². The Kier molecular flexibility index (Phi) is 6.11. The number of aryl methyl sites for hydroxylation is 1. The fraction of sp³-hybridized carbons (Fsp3) is 0.167. The first kappa shape index (κ1) is 18.0. The van der Waals surface area contributed by atoms with Crippen LogP contribution in [0.1, 0.15) is 18.1 Å². The molecule has 0 atom stereocenters. The van der Waals surface area contributed by atoms with Gasteiger partial charge < -0.3 is 15.2 Å². The van der Waals surface area contributed by atoms with Crippen LogP contribution in [-0.4, -0.2) is 29.7 Å². The zero-order valence-electron chi connectivity index (χ0n) is 13.9. The number of hydrogen-bond acceptors (Lipinski definition) is 5. The summed E-state index contributed by atoms with van der Waals surface area (Å²) in [6.07, 6.45) is 1.35. The summed E-state index contributed by atoms with van der Waals surface area (Å²) in [5, 5.41) is 15.8. The van der Waals surface area contributed by atoms with Crippen LogP contribution >= 0.6 is 0 Å². The lowest BCUT2D eigenvalue weighted by molar-refractivity contribution is -0.136. The molecule has 7 heteroatoms. The molecule has 2 amide bonds. The van der Waals surface area contributed by atoms with Crippen LogP contribution in [0.2, 0.25) is 0 Å². The number of benzene rings is 2. The Labute approximate surface area is 145 Å². The summed E-state index contributed by atoms with van der Waals surface area (Å²) in [4.78, 5) is 23.5. The zero-order valence-corrected chi connectivity index (χ0v) is 13.9. The van der Waals surface area contributed by atoms with E-state index in [0.29, 0.717) is 23.6 Å². The Morgan fingerprint density at radius 3 is 2.72 bits per heavy atom. The Morgan fingerprint density at radius 2 is 2.00 bits per heavy atom. The van der Waals surface area contributed by atoms with E-state index in [0.717, 1.165) is 5.56 Å². The van der Waals surface area contributed by atoms with Crippen molar-refractivity contribution in [2.24, 2.45) is 5.10 Å². The number of carbonyl (C=O) groups excluding carboxylic acids is 2. The van der Waals surface area contributed by atoms with E-state index in [4.69, 9.17) is 4.74 Å². The van der Waals surface area contributed by atoms with Crippen LogP contribution < -0.4 is 15.5 Å². The molecule has 0 aliphatic heterocycles. The third-order valence-corrected chi connectivity index (χ3v) is 3.15. The van der Waals surface area contributed by atoms with Crippen molar-refractivity contribution < 1.29 is 19.4 Å². The smallest absolute Gasteiger partial charge is 0.329 e. The number of nitrogens with zero attached hydrogens (tertiary/aromatic N) is 1. The number of hydrogen-bond donors (Lipinski definition) is 3. The molecule has 7 nitrogen and oxygen atoms in total. The molecule has 0 aromatic heterocycles. The number of hydrazone groups is 1. The van der Waals surface area contributed by atoms with Crippen LogP contribution in [0, 0.1) is 6.92 Å². The van der Waals surface area contributed by atoms with Gasteiger partial charge in [0, 0.05) is 5.69 Å². The number of amides is 2. The van der Waals surface area contributed by atoms with E-state index in [9.17, 15) is 14.7 Å². The van der Waals surface area contributed by atoms with Crippen LogP contribution in [0.5, 0.6) is 11.5 Å². The average molecular weight is 341 g/mol. The van der Waals surface area contributed by atoms with E-state index >= 15 is 0 Å². The molecule has 0 bridgehead atoms. The molecule has 0 spiro atoms. The molecule has 0 aliphatic rings. The maximum absolute atomic E-state index is 11.8. The van der Waals surface area contributed by atoms with Gasteiger partial charge >= 0.3 is 11.8 Å². The highest BCUT2D eigenvalue weighted by Crippen LogP contribution is 2.26. The lowest BCUT2D eigenvalue weighted by Gasteiger charge is -2.06. The second-order valence-corrected chi connectivity index (χ2v) is 5.18. The number of nitrogens with one attached hydrogen (secondary N) is 2. The van der Waals surface area contributed by atoms with Crippen LogP contribution in [-0.2, 0) is 9.59 Å². The molecule has 0 radical (unpaired) electrons. The van der Waals surface area contributed by atoms with Gasteiger partial charge in [-0.1, -0.05) is 12.1 Å². The van der Waals surface area contributed by atoms with Gasteiger partial charge in [-0.2, -0.15) is 5.10 Å². The minimum absolute atomic E-state index is 0.0144. The van der Waals surface area contributed by atoms with Crippen LogP contribution in [0.4, 0.5) is 5.69 Å². The maximum Gasteiger partial charge on any atom is 0.329 e. The number of rotatable bonds is 5. The molecule has 3 N–H and O–H groups in total. The van der Waals surface area contributed by atoms with Crippen molar-refractivity contribution in [2.45, 2.75) is 13.8 Å². The largest absolute Gasteiger partial charge is 0.504 e. The molecular weight excluding hydrogens is 322 g/mol. The first-order valence-electron chi connectivity index (χ1n) is 7.66. The first-order chi connectivity index (χ1) is 12.0. The Balaban J connectivity index is 1.93. The molecule has 130 valence electrons. The quantitative estimate of drug-likeness (QED) is 0.441. The zero-order chi connectivity index (χ0) is 18.2. The Morgan fingerprint density at radius 1 is 1.20 bits per heavy atom. The molecule has 2 rings (SSSR count). The van der Waals surface area contributed by atoms with E-state index < -0.39 is 11.8 Å². The van der Waals surface area contributed by atoms with Crippen LogP contribution in [0.15, 0.2) is 47.6 Å². The molecule has 0 fully saturated rings. The predicted octanol–water partition coefficient (Wildman–Crippen LogP) is 2.19. The monoisotopic (exact) mass is 341 g/mol. The summed E-state index contributed by atoms with van der Waals surface area (Å²) in [6.45, 7) is 4.09. The maximum atomic E-state index is 11.8.